The highest BCUT2D eigenvalue weighted by Gasteiger charge is 2.49. The molecule has 0 radical (unpaired) electrons. The SMILES string of the molecule is O=C1OC2(CCCN(C(=O)c3cc4ccccc4oc3=O)C2)c2ccccc21. The van der Waals surface area contributed by atoms with Gasteiger partial charge in [-0.1, -0.05) is 36.4 Å². The first-order chi connectivity index (χ1) is 13.6. The summed E-state index contributed by atoms with van der Waals surface area (Å²) in [4.78, 5) is 39.4. The van der Waals surface area contributed by atoms with E-state index in [4.69, 9.17) is 9.15 Å². The van der Waals surface area contributed by atoms with Crippen LogP contribution in [0, 0.1) is 0 Å². The Morgan fingerprint density at radius 2 is 1.82 bits per heavy atom. The van der Waals surface area contributed by atoms with Crippen LogP contribution in [0.1, 0.15) is 39.1 Å². The molecule has 1 spiro atoms. The average molecular weight is 375 g/mol. The van der Waals surface area contributed by atoms with E-state index in [9.17, 15) is 14.4 Å². The molecule has 1 atom stereocenters. The molecule has 1 fully saturated rings. The van der Waals surface area contributed by atoms with Crippen LogP contribution in [0.2, 0.25) is 0 Å². The molecule has 6 heteroatoms. The van der Waals surface area contributed by atoms with Crippen molar-refractivity contribution in [2.45, 2.75) is 18.4 Å². The fourth-order valence-electron chi connectivity index (χ4n) is 4.23. The van der Waals surface area contributed by atoms with Gasteiger partial charge in [-0.05, 0) is 31.0 Å². The van der Waals surface area contributed by atoms with E-state index in [1.54, 1.807) is 41.3 Å². The third kappa shape index (κ3) is 2.45. The van der Waals surface area contributed by atoms with E-state index in [0.717, 1.165) is 5.56 Å². The van der Waals surface area contributed by atoms with E-state index in [1.807, 2.05) is 18.2 Å². The highest BCUT2D eigenvalue weighted by atomic mass is 16.6. The number of hydrogen-bond donors (Lipinski definition) is 0. The van der Waals surface area contributed by atoms with Crippen molar-refractivity contribution in [1.82, 2.24) is 4.90 Å². The molecular weight excluding hydrogens is 358 g/mol. The fraction of sp³-hybridized carbons (Fsp3) is 0.227. The van der Waals surface area contributed by atoms with Crippen LogP contribution < -0.4 is 5.63 Å². The van der Waals surface area contributed by atoms with Gasteiger partial charge in [0.05, 0.1) is 12.1 Å². The first-order valence-electron chi connectivity index (χ1n) is 9.22. The summed E-state index contributed by atoms with van der Waals surface area (Å²) in [5.74, 6) is -0.769. The molecule has 0 bridgehead atoms. The number of ether oxygens (including phenoxy) is 1. The topological polar surface area (TPSA) is 76.8 Å². The number of carbonyl (C=O) groups excluding carboxylic acids is 2. The summed E-state index contributed by atoms with van der Waals surface area (Å²) in [5.41, 5.74) is 0.280. The van der Waals surface area contributed by atoms with Crippen molar-refractivity contribution >= 4 is 22.8 Å². The lowest BCUT2D eigenvalue weighted by atomic mass is 9.85. The molecule has 0 N–H and O–H groups in total. The van der Waals surface area contributed by atoms with Gasteiger partial charge >= 0.3 is 11.6 Å². The van der Waals surface area contributed by atoms with E-state index in [0.29, 0.717) is 35.9 Å². The van der Waals surface area contributed by atoms with Gasteiger partial charge in [0.15, 0.2) is 5.60 Å². The molecule has 5 rings (SSSR count). The molecule has 2 aliphatic rings. The van der Waals surface area contributed by atoms with Gasteiger partial charge in [0.1, 0.15) is 11.1 Å². The Morgan fingerprint density at radius 1 is 1.04 bits per heavy atom. The van der Waals surface area contributed by atoms with Crippen LogP contribution in [-0.4, -0.2) is 29.9 Å². The van der Waals surface area contributed by atoms with Gasteiger partial charge in [0, 0.05) is 17.5 Å². The Labute approximate surface area is 160 Å². The summed E-state index contributed by atoms with van der Waals surface area (Å²) in [6, 6.07) is 15.9. The first-order valence-corrected chi connectivity index (χ1v) is 9.22. The Morgan fingerprint density at radius 3 is 2.71 bits per heavy atom. The van der Waals surface area contributed by atoms with Crippen LogP contribution in [-0.2, 0) is 10.3 Å². The number of para-hydroxylation sites is 1. The number of likely N-dealkylation sites (tertiary alicyclic amines) is 1. The van der Waals surface area contributed by atoms with Crippen molar-refractivity contribution in [3.8, 4) is 0 Å². The van der Waals surface area contributed by atoms with Gasteiger partial charge in [-0.3, -0.25) is 4.79 Å². The third-order valence-electron chi connectivity index (χ3n) is 5.54. The van der Waals surface area contributed by atoms with Crippen molar-refractivity contribution in [3.05, 3.63) is 81.7 Å². The zero-order valence-corrected chi connectivity index (χ0v) is 15.0. The molecule has 28 heavy (non-hydrogen) atoms. The van der Waals surface area contributed by atoms with E-state index in [1.165, 1.54) is 0 Å². The second-order valence-electron chi connectivity index (χ2n) is 7.25. The minimum atomic E-state index is -0.849. The molecule has 3 heterocycles. The van der Waals surface area contributed by atoms with Gasteiger partial charge in [0.25, 0.3) is 5.91 Å². The maximum Gasteiger partial charge on any atom is 0.349 e. The average Bonchev–Trinajstić information content (AvgIpc) is 2.98. The predicted octanol–water partition coefficient (Wildman–Crippen LogP) is 3.09. The number of esters is 1. The zero-order chi connectivity index (χ0) is 19.3. The monoisotopic (exact) mass is 375 g/mol. The number of hydrogen-bond acceptors (Lipinski definition) is 5. The molecule has 6 nitrogen and oxygen atoms in total. The van der Waals surface area contributed by atoms with Gasteiger partial charge in [-0.15, -0.1) is 0 Å². The number of carbonyl (C=O) groups is 2. The molecule has 1 unspecified atom stereocenters. The minimum Gasteiger partial charge on any atom is -0.449 e. The number of rotatable bonds is 1. The van der Waals surface area contributed by atoms with Crippen molar-refractivity contribution in [2.24, 2.45) is 0 Å². The van der Waals surface area contributed by atoms with Crippen molar-refractivity contribution in [3.63, 3.8) is 0 Å². The summed E-state index contributed by atoms with van der Waals surface area (Å²) in [7, 11) is 0. The van der Waals surface area contributed by atoms with Crippen LogP contribution in [0.15, 0.2) is 63.8 Å². The molecule has 0 aliphatic carbocycles. The number of fused-ring (bicyclic) bond motifs is 3. The van der Waals surface area contributed by atoms with Crippen LogP contribution >= 0.6 is 0 Å². The van der Waals surface area contributed by atoms with Crippen molar-refractivity contribution in [2.75, 3.05) is 13.1 Å². The van der Waals surface area contributed by atoms with Crippen molar-refractivity contribution < 1.29 is 18.7 Å². The number of benzene rings is 2. The van der Waals surface area contributed by atoms with E-state index in [2.05, 4.69) is 0 Å². The molecule has 140 valence electrons. The zero-order valence-electron chi connectivity index (χ0n) is 15.0. The second-order valence-corrected chi connectivity index (χ2v) is 7.25. The Bertz CT molecular complexity index is 1180. The summed E-state index contributed by atoms with van der Waals surface area (Å²) in [6.45, 7) is 0.716. The van der Waals surface area contributed by atoms with Gasteiger partial charge in [-0.25, -0.2) is 9.59 Å². The Kier molecular flexibility index (Phi) is 3.62. The minimum absolute atomic E-state index is 0.00615. The quantitative estimate of drug-likeness (QED) is 0.483. The molecule has 1 amide bonds. The molecule has 2 aromatic carbocycles. The highest BCUT2D eigenvalue weighted by molar-refractivity contribution is 5.97. The lowest BCUT2D eigenvalue weighted by Gasteiger charge is -2.39. The molecule has 3 aromatic rings. The largest absolute Gasteiger partial charge is 0.449 e. The van der Waals surface area contributed by atoms with Gasteiger partial charge in [-0.2, -0.15) is 0 Å². The summed E-state index contributed by atoms with van der Waals surface area (Å²) >= 11 is 0. The molecule has 1 aromatic heterocycles. The van der Waals surface area contributed by atoms with E-state index >= 15 is 0 Å². The second kappa shape index (κ2) is 6.05. The number of amides is 1. The first kappa shape index (κ1) is 16.7. The summed E-state index contributed by atoms with van der Waals surface area (Å²) < 4.78 is 11.0. The molecule has 2 aliphatic heterocycles. The van der Waals surface area contributed by atoms with Crippen molar-refractivity contribution in [1.29, 1.82) is 0 Å². The lowest BCUT2D eigenvalue weighted by Crippen LogP contribution is -2.49. The fourth-order valence-corrected chi connectivity index (χ4v) is 4.23. The lowest BCUT2D eigenvalue weighted by molar-refractivity contribution is -0.0443. The standard InChI is InChI=1S/C22H17NO5/c24-19(16-12-14-6-1-4-9-18(14)27-20(16)25)23-11-5-10-22(13-23)17-8-3-2-7-15(17)21(26)28-22/h1-4,6-9,12H,5,10-11,13H2. The smallest absolute Gasteiger partial charge is 0.349 e. The maximum absolute atomic E-state index is 13.1. The summed E-state index contributed by atoms with van der Waals surface area (Å²) in [6.07, 6.45) is 1.32. The van der Waals surface area contributed by atoms with E-state index in [-0.39, 0.29) is 18.1 Å². The van der Waals surface area contributed by atoms with Crippen LogP contribution in [0.3, 0.4) is 0 Å². The number of nitrogens with zero attached hydrogens (tertiary/aromatic N) is 1. The molecule has 0 saturated carbocycles. The summed E-state index contributed by atoms with van der Waals surface area (Å²) in [5, 5.41) is 0.690. The highest BCUT2D eigenvalue weighted by Crippen LogP contribution is 2.42. The third-order valence-corrected chi connectivity index (χ3v) is 5.54. The molecule has 1 saturated heterocycles. The van der Waals surface area contributed by atoms with Gasteiger partial charge < -0.3 is 14.1 Å². The van der Waals surface area contributed by atoms with Crippen LogP contribution in [0.25, 0.3) is 11.0 Å². The van der Waals surface area contributed by atoms with Gasteiger partial charge in [0.2, 0.25) is 0 Å². The van der Waals surface area contributed by atoms with E-state index < -0.39 is 17.1 Å². The van der Waals surface area contributed by atoms with Crippen LogP contribution in [0.5, 0.6) is 0 Å². The normalized spacial score (nSPS) is 21.0. The maximum atomic E-state index is 13.1. The Balaban J connectivity index is 1.51. The van der Waals surface area contributed by atoms with Crippen LogP contribution in [0.4, 0.5) is 0 Å². The molecular formula is C22H17NO5. The number of piperidine rings is 1. The predicted molar refractivity (Wildman–Crippen MR) is 101 cm³/mol. The Hall–Kier alpha value is -3.41.